The fourth-order valence-electron chi connectivity index (χ4n) is 3.46. The molecule has 0 fully saturated rings. The molecule has 0 radical (unpaired) electrons. The van der Waals surface area contributed by atoms with Gasteiger partial charge in [0.2, 0.25) is 21.1 Å². The summed E-state index contributed by atoms with van der Waals surface area (Å²) in [5.41, 5.74) is 6.66. The number of aromatic nitrogens is 4. The number of benzene rings is 2. The number of H-pyrrole nitrogens is 1. The number of methoxy groups -OCH3 is 2. The fourth-order valence-corrected chi connectivity index (χ4v) is 4.87. The first-order chi connectivity index (χ1) is 19.9. The third kappa shape index (κ3) is 8.62. The van der Waals surface area contributed by atoms with Crippen LogP contribution in [0.5, 0.6) is 17.2 Å². The summed E-state index contributed by atoms with van der Waals surface area (Å²) in [4.78, 5) is 34.8. The van der Waals surface area contributed by atoms with E-state index in [4.69, 9.17) is 38.5 Å². The van der Waals surface area contributed by atoms with E-state index < -0.39 is 26.9 Å². The Kier molecular flexibility index (Phi) is 10.9. The molecule has 218 valence electrons. The summed E-state index contributed by atoms with van der Waals surface area (Å²) in [6, 6.07) is 12.2. The third-order valence-corrected chi connectivity index (χ3v) is 7.06. The second-order valence-electron chi connectivity index (χ2n) is 8.09. The van der Waals surface area contributed by atoms with Gasteiger partial charge in [-0.05, 0) is 29.8 Å². The fraction of sp³-hybridized carbons (Fsp3) is 0.280. The van der Waals surface area contributed by atoms with Gasteiger partial charge in [0.1, 0.15) is 12.1 Å². The van der Waals surface area contributed by atoms with Crippen LogP contribution in [-0.2, 0) is 31.7 Å². The van der Waals surface area contributed by atoms with Crippen molar-refractivity contribution in [3.8, 4) is 17.2 Å². The number of nitrogens with zero attached hydrogens (tertiary/aromatic N) is 3. The van der Waals surface area contributed by atoms with Crippen molar-refractivity contribution in [3.05, 3.63) is 69.2 Å². The number of imidazole rings is 1. The number of ether oxygens (including phenoxy) is 5. The standard InChI is InChI=1S/C25H27BrN5O9P/c1-34-19-7-6-18(11-20(19)35-2)40-25(33)37-14-39-41(38-12-16-4-3-5-17(26)10-16)15-36-9-8-31-13-28-21-22(31)29-24(27)30-23(21)32/h3-7,10-11,13H,8-9,12,14-15H2,1-2H3,(H3,27,29,30,32). The number of nitrogens with one attached hydrogen (secondary N) is 1. The van der Waals surface area contributed by atoms with E-state index in [1.165, 1.54) is 32.7 Å². The zero-order valence-corrected chi connectivity index (χ0v) is 24.6. The Labute approximate surface area is 243 Å². The highest BCUT2D eigenvalue weighted by Gasteiger charge is 2.16. The minimum atomic E-state index is -1.63. The summed E-state index contributed by atoms with van der Waals surface area (Å²) in [6.07, 6.45) is 0.574. The van der Waals surface area contributed by atoms with Crippen molar-refractivity contribution in [1.82, 2.24) is 19.5 Å². The average Bonchev–Trinajstić information content (AvgIpc) is 3.36. The van der Waals surface area contributed by atoms with Gasteiger partial charge in [0.05, 0.1) is 33.8 Å². The smallest absolute Gasteiger partial charge is 0.493 e. The normalized spacial score (nSPS) is 11.8. The zero-order valence-electron chi connectivity index (χ0n) is 22.1. The van der Waals surface area contributed by atoms with Crippen molar-refractivity contribution in [2.24, 2.45) is 0 Å². The molecule has 0 saturated heterocycles. The highest BCUT2D eigenvalue weighted by Crippen LogP contribution is 2.39. The maximum atomic E-state index is 12.2. The van der Waals surface area contributed by atoms with Crippen molar-refractivity contribution in [2.45, 2.75) is 13.2 Å². The molecule has 0 aliphatic carbocycles. The summed E-state index contributed by atoms with van der Waals surface area (Å²) >= 11 is 3.43. The van der Waals surface area contributed by atoms with E-state index in [1.807, 2.05) is 24.3 Å². The maximum absolute atomic E-state index is 12.2. The molecule has 2 aromatic carbocycles. The highest BCUT2D eigenvalue weighted by atomic mass is 79.9. The van der Waals surface area contributed by atoms with Crippen molar-refractivity contribution in [2.75, 3.05) is 39.7 Å². The number of aromatic amines is 1. The molecule has 2 aromatic heterocycles. The number of rotatable bonds is 14. The average molecular weight is 652 g/mol. The Bertz CT molecular complexity index is 1530. The molecule has 2 heterocycles. The van der Waals surface area contributed by atoms with E-state index in [0.29, 0.717) is 23.7 Å². The van der Waals surface area contributed by atoms with Gasteiger partial charge in [-0.2, -0.15) is 4.98 Å². The Morgan fingerprint density at radius 2 is 1.95 bits per heavy atom. The lowest BCUT2D eigenvalue weighted by atomic mass is 10.2. The van der Waals surface area contributed by atoms with Gasteiger partial charge in [-0.3, -0.25) is 14.3 Å². The van der Waals surface area contributed by atoms with Crippen molar-refractivity contribution in [1.29, 1.82) is 0 Å². The van der Waals surface area contributed by atoms with Crippen molar-refractivity contribution < 1.29 is 37.5 Å². The molecular weight excluding hydrogens is 625 g/mol. The maximum Gasteiger partial charge on any atom is 0.515 e. The number of nitrogens with two attached hydrogens (primary N) is 1. The zero-order chi connectivity index (χ0) is 29.2. The van der Waals surface area contributed by atoms with Gasteiger partial charge in [0, 0.05) is 17.1 Å². The summed E-state index contributed by atoms with van der Waals surface area (Å²) in [6.45, 7) is 0.375. The van der Waals surface area contributed by atoms with Gasteiger partial charge in [-0.1, -0.05) is 28.1 Å². The molecule has 1 atom stereocenters. The second kappa shape index (κ2) is 14.8. The summed E-state index contributed by atoms with van der Waals surface area (Å²) in [5, 5.41) is 0. The number of carbonyl (C=O) groups excluding carboxylic acids is 1. The predicted octanol–water partition coefficient (Wildman–Crippen LogP) is 4.17. The van der Waals surface area contributed by atoms with Crippen LogP contribution in [-0.4, -0.2) is 59.6 Å². The van der Waals surface area contributed by atoms with E-state index in [1.54, 1.807) is 10.6 Å². The van der Waals surface area contributed by atoms with Crippen LogP contribution in [0.2, 0.25) is 0 Å². The van der Waals surface area contributed by atoms with E-state index in [-0.39, 0.29) is 36.8 Å². The van der Waals surface area contributed by atoms with Crippen LogP contribution >= 0.6 is 24.3 Å². The molecule has 0 aliphatic heterocycles. The summed E-state index contributed by atoms with van der Waals surface area (Å²) in [5.74, 6) is 1.08. The highest BCUT2D eigenvalue weighted by molar-refractivity contribution is 9.10. The number of anilines is 1. The predicted molar refractivity (Wildman–Crippen MR) is 152 cm³/mol. The lowest BCUT2D eigenvalue weighted by Crippen LogP contribution is -2.14. The Hall–Kier alpha value is -3.75. The van der Waals surface area contributed by atoms with E-state index in [0.717, 1.165) is 10.0 Å². The van der Waals surface area contributed by atoms with Crippen LogP contribution in [0.1, 0.15) is 5.56 Å². The first-order valence-corrected chi connectivity index (χ1v) is 14.1. The number of hydrogen-bond donors (Lipinski definition) is 2. The van der Waals surface area contributed by atoms with Crippen molar-refractivity contribution >= 4 is 47.6 Å². The van der Waals surface area contributed by atoms with Crippen LogP contribution < -0.4 is 25.5 Å². The molecule has 4 rings (SSSR count). The largest absolute Gasteiger partial charge is 0.515 e. The molecule has 0 spiro atoms. The van der Waals surface area contributed by atoms with Crippen LogP contribution in [0.25, 0.3) is 11.2 Å². The lowest BCUT2D eigenvalue weighted by Gasteiger charge is -2.18. The minimum Gasteiger partial charge on any atom is -0.493 e. The van der Waals surface area contributed by atoms with Crippen LogP contribution in [0.3, 0.4) is 0 Å². The first kappa shape index (κ1) is 30.2. The molecule has 0 amide bonds. The molecule has 3 N–H and O–H groups in total. The van der Waals surface area contributed by atoms with Gasteiger partial charge >= 0.3 is 6.16 Å². The Balaban J connectivity index is 1.30. The van der Waals surface area contributed by atoms with E-state index in [2.05, 4.69) is 30.9 Å². The topological polar surface area (TPSA) is 171 Å². The molecule has 1 unspecified atom stereocenters. The second-order valence-corrected chi connectivity index (χ2v) is 10.5. The molecule has 14 nitrogen and oxygen atoms in total. The van der Waals surface area contributed by atoms with Gasteiger partial charge in [-0.25, -0.2) is 9.78 Å². The molecule has 16 heteroatoms. The molecular formula is C25H27BrN5O9P. The number of hydrogen-bond acceptors (Lipinski definition) is 12. The summed E-state index contributed by atoms with van der Waals surface area (Å²) in [7, 11) is 1.34. The molecule has 0 bridgehead atoms. The number of carbonyl (C=O) groups is 1. The molecule has 41 heavy (non-hydrogen) atoms. The van der Waals surface area contributed by atoms with Crippen LogP contribution in [0, 0.1) is 0 Å². The molecule has 4 aromatic rings. The van der Waals surface area contributed by atoms with Gasteiger partial charge < -0.3 is 38.5 Å². The quantitative estimate of drug-likeness (QED) is 0.0656. The van der Waals surface area contributed by atoms with E-state index in [9.17, 15) is 9.59 Å². The number of halogens is 1. The Morgan fingerprint density at radius 3 is 2.73 bits per heavy atom. The third-order valence-electron chi connectivity index (χ3n) is 5.36. The van der Waals surface area contributed by atoms with Gasteiger partial charge in [-0.15, -0.1) is 0 Å². The first-order valence-electron chi connectivity index (χ1n) is 12.0. The van der Waals surface area contributed by atoms with Crippen molar-refractivity contribution in [3.63, 3.8) is 0 Å². The monoisotopic (exact) mass is 651 g/mol. The molecule has 0 aliphatic rings. The van der Waals surface area contributed by atoms with E-state index >= 15 is 0 Å². The number of fused-ring (bicyclic) bond motifs is 1. The number of nitrogen functional groups attached to an aromatic ring is 1. The van der Waals surface area contributed by atoms with Gasteiger partial charge in [0.15, 0.2) is 22.7 Å². The minimum absolute atomic E-state index is 0.00677. The van der Waals surface area contributed by atoms with Crippen LogP contribution in [0.15, 0.2) is 58.1 Å². The van der Waals surface area contributed by atoms with Gasteiger partial charge in [0.25, 0.3) is 5.56 Å². The molecule has 0 saturated carbocycles. The Morgan fingerprint density at radius 1 is 1.12 bits per heavy atom. The SMILES string of the molecule is COc1ccc(OC(=O)OCOP(COCCn2cnc3c(=O)[nH]c(N)nc32)OCc2cccc(Br)c2)cc1OC. The van der Waals surface area contributed by atoms with Crippen LogP contribution in [0.4, 0.5) is 10.7 Å². The lowest BCUT2D eigenvalue weighted by molar-refractivity contribution is 0.0244. The summed E-state index contributed by atoms with van der Waals surface area (Å²) < 4.78 is 40.5.